The van der Waals surface area contributed by atoms with Crippen molar-refractivity contribution in [1.29, 1.82) is 0 Å². The second-order valence-corrected chi connectivity index (χ2v) is 9.94. The molecule has 4 heterocycles. The Hall–Kier alpha value is -4.28. The second-order valence-electron chi connectivity index (χ2n) is 9.94. The van der Waals surface area contributed by atoms with Crippen LogP contribution in [0.15, 0.2) is 27.7 Å². The zero-order valence-corrected chi connectivity index (χ0v) is 22.2. The minimum absolute atomic E-state index is 0.0778. The molecule has 11 heteroatoms. The van der Waals surface area contributed by atoms with E-state index in [1.165, 1.54) is 0 Å². The van der Waals surface area contributed by atoms with Crippen LogP contribution >= 0.6 is 0 Å². The molecule has 11 nitrogen and oxygen atoms in total. The number of ether oxygens (including phenoxy) is 1. The van der Waals surface area contributed by atoms with Gasteiger partial charge in [0.2, 0.25) is 5.91 Å². The quantitative estimate of drug-likeness (QED) is 0.288. The summed E-state index contributed by atoms with van der Waals surface area (Å²) in [4.78, 5) is 20.8. The van der Waals surface area contributed by atoms with Crippen LogP contribution in [0.3, 0.4) is 0 Å². The van der Waals surface area contributed by atoms with E-state index in [2.05, 4.69) is 32.2 Å². The minimum atomic E-state index is -0.162. The standard InChI is InChI=1S/C27H32N8O3/c1-6-28-23(36)12-35-22(11-19(33-35)16-7-8-16)32-27-25-17-10-21(37-5)18(24-13(2)34-38-14(24)3)9-20(17)31-26(25)29-15(4)30-27/h9-11,15-16,29,31H,6-8,12H2,1-5H3,(H,28,36)(H,30,32). The maximum Gasteiger partial charge on any atom is 0.241 e. The number of likely N-dealkylation sites (N-methyl/N-ethyl adjacent to an activating group) is 1. The number of hydrogen-bond acceptors (Lipinski definition) is 8. The summed E-state index contributed by atoms with van der Waals surface area (Å²) < 4.78 is 13.0. The van der Waals surface area contributed by atoms with E-state index in [1.807, 2.05) is 39.8 Å². The van der Waals surface area contributed by atoms with Crippen molar-refractivity contribution in [1.82, 2.24) is 25.2 Å². The van der Waals surface area contributed by atoms with Crippen molar-refractivity contribution in [2.75, 3.05) is 24.3 Å². The number of fused-ring (bicyclic) bond motifs is 3. The number of aromatic amines is 1. The van der Waals surface area contributed by atoms with Crippen LogP contribution in [0.25, 0.3) is 22.0 Å². The number of hydrogen-bond donors (Lipinski definition) is 4. The van der Waals surface area contributed by atoms with Crippen LogP contribution in [-0.2, 0) is 11.3 Å². The number of rotatable bonds is 7. The first-order valence-electron chi connectivity index (χ1n) is 13.0. The smallest absolute Gasteiger partial charge is 0.241 e. The molecule has 1 aliphatic carbocycles. The molecule has 0 saturated heterocycles. The Labute approximate surface area is 220 Å². The van der Waals surface area contributed by atoms with Gasteiger partial charge in [-0.2, -0.15) is 5.10 Å². The molecule has 0 spiro atoms. The lowest BCUT2D eigenvalue weighted by atomic mass is 10.00. The number of carbonyl (C=O) groups excluding carboxylic acids is 1. The van der Waals surface area contributed by atoms with Crippen LogP contribution in [0.4, 0.5) is 11.6 Å². The fourth-order valence-electron chi connectivity index (χ4n) is 5.15. The zero-order chi connectivity index (χ0) is 26.6. The number of H-pyrrole nitrogens is 1. The van der Waals surface area contributed by atoms with Gasteiger partial charge in [-0.15, -0.1) is 0 Å². The van der Waals surface area contributed by atoms with Crippen LogP contribution in [-0.4, -0.2) is 51.5 Å². The van der Waals surface area contributed by atoms with Crippen molar-refractivity contribution in [2.24, 2.45) is 4.99 Å². The highest BCUT2D eigenvalue weighted by molar-refractivity contribution is 6.20. The normalized spacial score (nSPS) is 16.7. The molecule has 0 bridgehead atoms. The third-order valence-corrected chi connectivity index (χ3v) is 7.04. The number of anilines is 2. The van der Waals surface area contributed by atoms with Gasteiger partial charge < -0.3 is 30.2 Å². The summed E-state index contributed by atoms with van der Waals surface area (Å²) in [6.45, 7) is 8.44. The van der Waals surface area contributed by atoms with E-state index in [-0.39, 0.29) is 18.6 Å². The van der Waals surface area contributed by atoms with Crippen LogP contribution < -0.4 is 20.7 Å². The molecule has 2 aliphatic rings. The Balaban J connectivity index is 1.43. The Bertz CT molecular complexity index is 1550. The minimum Gasteiger partial charge on any atom is -0.496 e. The number of nitrogens with zero attached hydrogens (tertiary/aromatic N) is 4. The van der Waals surface area contributed by atoms with E-state index >= 15 is 0 Å². The van der Waals surface area contributed by atoms with E-state index in [0.717, 1.165) is 69.2 Å². The molecule has 1 saturated carbocycles. The topological polar surface area (TPSA) is 134 Å². The summed E-state index contributed by atoms with van der Waals surface area (Å²) in [6, 6.07) is 6.12. The van der Waals surface area contributed by atoms with Gasteiger partial charge in [-0.25, -0.2) is 9.67 Å². The summed E-state index contributed by atoms with van der Waals surface area (Å²) in [7, 11) is 1.66. The first-order chi connectivity index (χ1) is 18.4. The molecule has 1 atom stereocenters. The summed E-state index contributed by atoms with van der Waals surface area (Å²) in [6.07, 6.45) is 2.09. The number of carbonyl (C=O) groups is 1. The first kappa shape index (κ1) is 24.1. The third kappa shape index (κ3) is 4.17. The maximum absolute atomic E-state index is 12.4. The third-order valence-electron chi connectivity index (χ3n) is 7.04. The van der Waals surface area contributed by atoms with Crippen molar-refractivity contribution >= 4 is 34.3 Å². The monoisotopic (exact) mass is 516 g/mol. The SMILES string of the molecule is CCNC(=O)Cn1nc(C2CC2)cc1NC1=NC(C)Nc2[nH]c3cc(-c4c(C)noc4C)c(OC)cc3c21. The number of benzene rings is 1. The van der Waals surface area contributed by atoms with Crippen molar-refractivity contribution in [3.8, 4) is 16.9 Å². The van der Waals surface area contributed by atoms with Crippen LogP contribution in [0.1, 0.15) is 55.3 Å². The Morgan fingerprint density at radius 2 is 2.05 bits per heavy atom. The summed E-state index contributed by atoms with van der Waals surface area (Å²) >= 11 is 0. The van der Waals surface area contributed by atoms with Gasteiger partial charge in [0.1, 0.15) is 41.7 Å². The first-order valence-corrected chi connectivity index (χ1v) is 13.0. The van der Waals surface area contributed by atoms with Gasteiger partial charge in [0, 0.05) is 35.0 Å². The number of amidine groups is 1. The highest BCUT2D eigenvalue weighted by Gasteiger charge is 2.30. The molecule has 1 amide bonds. The van der Waals surface area contributed by atoms with Gasteiger partial charge >= 0.3 is 0 Å². The van der Waals surface area contributed by atoms with Gasteiger partial charge in [0.25, 0.3) is 0 Å². The average molecular weight is 517 g/mol. The number of aryl methyl sites for hydroxylation is 2. The van der Waals surface area contributed by atoms with Gasteiger partial charge in [0.05, 0.1) is 29.6 Å². The van der Waals surface area contributed by atoms with Gasteiger partial charge in [-0.05, 0) is 52.7 Å². The Morgan fingerprint density at radius 1 is 1.24 bits per heavy atom. The lowest BCUT2D eigenvalue weighted by Gasteiger charge is -2.21. The van der Waals surface area contributed by atoms with Crippen LogP contribution in [0, 0.1) is 13.8 Å². The molecule has 6 rings (SSSR count). The maximum atomic E-state index is 12.4. The molecule has 4 aromatic rings. The molecule has 1 aromatic carbocycles. The van der Waals surface area contributed by atoms with E-state index in [9.17, 15) is 4.79 Å². The zero-order valence-electron chi connectivity index (χ0n) is 22.2. The fraction of sp³-hybridized carbons (Fsp3) is 0.407. The number of aliphatic imine (C=N–C) groups is 1. The number of nitrogens with one attached hydrogen (secondary N) is 4. The second kappa shape index (κ2) is 9.23. The predicted molar refractivity (Wildman–Crippen MR) is 146 cm³/mol. The highest BCUT2D eigenvalue weighted by atomic mass is 16.5. The van der Waals surface area contributed by atoms with Gasteiger partial charge in [-0.3, -0.25) is 4.79 Å². The molecule has 198 valence electrons. The number of aromatic nitrogens is 4. The summed E-state index contributed by atoms with van der Waals surface area (Å²) in [5.74, 6) is 4.12. The van der Waals surface area contributed by atoms with E-state index in [1.54, 1.807) is 11.8 Å². The highest BCUT2D eigenvalue weighted by Crippen LogP contribution is 2.42. The Kier molecular flexibility index (Phi) is 5.85. The van der Waals surface area contributed by atoms with Gasteiger partial charge in [-0.1, -0.05) is 5.16 Å². The van der Waals surface area contributed by atoms with Crippen molar-refractivity contribution in [3.63, 3.8) is 0 Å². The predicted octanol–water partition coefficient (Wildman–Crippen LogP) is 4.29. The lowest BCUT2D eigenvalue weighted by Crippen LogP contribution is -2.30. The summed E-state index contributed by atoms with van der Waals surface area (Å²) in [5.41, 5.74) is 5.47. The molecular formula is C27H32N8O3. The average Bonchev–Trinajstić information content (AvgIpc) is 3.45. The number of methoxy groups -OCH3 is 1. The van der Waals surface area contributed by atoms with Crippen LogP contribution in [0.5, 0.6) is 5.75 Å². The molecule has 1 unspecified atom stereocenters. The molecule has 4 N–H and O–H groups in total. The Morgan fingerprint density at radius 3 is 2.74 bits per heavy atom. The van der Waals surface area contributed by atoms with E-state index in [4.69, 9.17) is 19.4 Å². The molecule has 38 heavy (non-hydrogen) atoms. The fourth-order valence-corrected chi connectivity index (χ4v) is 5.15. The van der Waals surface area contributed by atoms with E-state index < -0.39 is 0 Å². The van der Waals surface area contributed by atoms with Crippen LogP contribution in [0.2, 0.25) is 0 Å². The lowest BCUT2D eigenvalue weighted by molar-refractivity contribution is -0.121. The molecule has 0 radical (unpaired) electrons. The van der Waals surface area contributed by atoms with Gasteiger partial charge in [0.15, 0.2) is 0 Å². The van der Waals surface area contributed by atoms with Crippen molar-refractivity contribution in [3.05, 3.63) is 40.9 Å². The molecule has 1 fully saturated rings. The largest absolute Gasteiger partial charge is 0.496 e. The molecule has 3 aromatic heterocycles. The number of amides is 1. The van der Waals surface area contributed by atoms with E-state index in [0.29, 0.717) is 24.0 Å². The van der Waals surface area contributed by atoms with Crippen molar-refractivity contribution < 1.29 is 14.1 Å². The molecule has 1 aliphatic heterocycles. The summed E-state index contributed by atoms with van der Waals surface area (Å²) in [5, 5.41) is 19.6. The van der Waals surface area contributed by atoms with Crippen molar-refractivity contribution in [2.45, 2.75) is 59.2 Å². The molecular weight excluding hydrogens is 484 g/mol.